The van der Waals surface area contributed by atoms with Crippen LogP contribution in [0, 0.1) is 0 Å². The lowest BCUT2D eigenvalue weighted by Crippen LogP contribution is -2.25. The summed E-state index contributed by atoms with van der Waals surface area (Å²) < 4.78 is 0. The summed E-state index contributed by atoms with van der Waals surface area (Å²) in [5.41, 5.74) is 10.7. The van der Waals surface area contributed by atoms with Crippen molar-refractivity contribution in [3.8, 4) is 22.8 Å². The van der Waals surface area contributed by atoms with E-state index in [1.807, 2.05) is 6.07 Å². The molecule has 0 aliphatic carbocycles. The maximum atomic E-state index is 5.00. The molecule has 0 saturated heterocycles. The van der Waals surface area contributed by atoms with Gasteiger partial charge in [0.05, 0.1) is 11.0 Å². The molecule has 8 rings (SSSR count). The van der Waals surface area contributed by atoms with Crippen molar-refractivity contribution in [2.75, 3.05) is 0 Å². The van der Waals surface area contributed by atoms with E-state index in [1.54, 1.807) is 0 Å². The van der Waals surface area contributed by atoms with E-state index in [4.69, 9.17) is 29.9 Å². The molecule has 0 unspecified atom stereocenters. The van der Waals surface area contributed by atoms with Crippen LogP contribution in [0.1, 0.15) is 105 Å². The Morgan fingerprint density at radius 2 is 1.00 bits per heavy atom. The van der Waals surface area contributed by atoms with E-state index in [2.05, 4.69) is 144 Å². The van der Waals surface area contributed by atoms with Gasteiger partial charge in [0.1, 0.15) is 34.3 Å². The normalized spacial score (nSPS) is 13.3. The average molecular weight is 693 g/mol. The molecule has 2 aromatic carbocycles. The van der Waals surface area contributed by atoms with E-state index in [9.17, 15) is 0 Å². The zero-order valence-corrected chi connectivity index (χ0v) is 31.9. The standard InChI is InChI=1S/C42H48N10/c1-39(2,3)25-16-14-23(15-17-25)31-43-27-22-30-36(50-33(27)47-31)52-38(46-30)42(9,10)19-18-41(7,8)26-13-11-12-24(20-26)32-44-28-21-29-35(49-34(28)48-32)51-37(45-29)40(4,5)6/h11-17,20-22H,18-19H2,1-10H3,(H2,43,46,47,50,52)(H2,44,45,48,49,51). The van der Waals surface area contributed by atoms with Crippen molar-refractivity contribution in [1.82, 2.24) is 49.8 Å². The van der Waals surface area contributed by atoms with Gasteiger partial charge in [0.15, 0.2) is 22.6 Å². The molecule has 10 nitrogen and oxygen atoms in total. The molecule has 266 valence electrons. The van der Waals surface area contributed by atoms with Gasteiger partial charge >= 0.3 is 0 Å². The predicted octanol–water partition coefficient (Wildman–Crippen LogP) is 9.95. The molecule has 6 aromatic heterocycles. The van der Waals surface area contributed by atoms with Crippen molar-refractivity contribution >= 4 is 44.7 Å². The highest BCUT2D eigenvalue weighted by molar-refractivity contribution is 5.88. The molecule has 6 heterocycles. The first-order valence-corrected chi connectivity index (χ1v) is 18.2. The van der Waals surface area contributed by atoms with Crippen LogP contribution in [0.15, 0.2) is 60.7 Å². The zero-order chi connectivity index (χ0) is 36.8. The van der Waals surface area contributed by atoms with Gasteiger partial charge in [-0.2, -0.15) is 0 Å². The average Bonchev–Trinajstić information content (AvgIpc) is 3.88. The topological polar surface area (TPSA) is 140 Å². The van der Waals surface area contributed by atoms with Crippen molar-refractivity contribution in [3.05, 3.63) is 83.4 Å². The van der Waals surface area contributed by atoms with E-state index in [0.717, 1.165) is 80.6 Å². The number of rotatable bonds is 7. The smallest absolute Gasteiger partial charge is 0.179 e. The number of hydrogen-bond donors (Lipinski definition) is 4. The zero-order valence-electron chi connectivity index (χ0n) is 31.9. The predicted molar refractivity (Wildman–Crippen MR) is 211 cm³/mol. The van der Waals surface area contributed by atoms with E-state index in [-0.39, 0.29) is 21.7 Å². The summed E-state index contributed by atoms with van der Waals surface area (Å²) >= 11 is 0. The maximum Gasteiger partial charge on any atom is 0.179 e. The molecule has 52 heavy (non-hydrogen) atoms. The Bertz CT molecular complexity index is 2490. The second kappa shape index (κ2) is 11.6. The molecule has 0 radical (unpaired) electrons. The molecule has 0 amide bonds. The number of nitrogens with zero attached hydrogens (tertiary/aromatic N) is 6. The molecule has 10 heteroatoms. The fourth-order valence-corrected chi connectivity index (χ4v) is 6.79. The number of pyridine rings is 2. The number of benzene rings is 2. The van der Waals surface area contributed by atoms with Gasteiger partial charge in [-0.1, -0.05) is 112 Å². The first-order chi connectivity index (χ1) is 24.4. The highest BCUT2D eigenvalue weighted by Gasteiger charge is 2.30. The molecule has 0 atom stereocenters. The largest absolute Gasteiger partial charge is 0.340 e. The van der Waals surface area contributed by atoms with Crippen LogP contribution in [0.2, 0.25) is 0 Å². The monoisotopic (exact) mass is 692 g/mol. The number of hydrogen-bond acceptors (Lipinski definition) is 6. The van der Waals surface area contributed by atoms with Crippen molar-refractivity contribution in [2.24, 2.45) is 0 Å². The van der Waals surface area contributed by atoms with E-state index in [1.165, 1.54) is 11.1 Å². The van der Waals surface area contributed by atoms with Crippen molar-refractivity contribution < 1.29 is 0 Å². The summed E-state index contributed by atoms with van der Waals surface area (Å²) in [6.45, 7) is 22.2. The quantitative estimate of drug-likeness (QED) is 0.131. The lowest BCUT2D eigenvalue weighted by Gasteiger charge is -2.31. The molecular formula is C42H48N10. The lowest BCUT2D eigenvalue weighted by molar-refractivity contribution is 0.364. The van der Waals surface area contributed by atoms with Crippen molar-refractivity contribution in [2.45, 2.75) is 104 Å². The second-order valence-electron chi connectivity index (χ2n) is 17.7. The minimum Gasteiger partial charge on any atom is -0.340 e. The maximum absolute atomic E-state index is 5.00. The van der Waals surface area contributed by atoms with Crippen molar-refractivity contribution in [3.63, 3.8) is 0 Å². The number of H-pyrrole nitrogens is 4. The summed E-state index contributed by atoms with van der Waals surface area (Å²) in [7, 11) is 0. The Balaban J connectivity index is 0.993. The number of aromatic amines is 4. The Morgan fingerprint density at radius 1 is 0.462 bits per heavy atom. The SMILES string of the molecule is CC(C)(C)c1ccc(-c2nc3cc4[nH]c(C(C)(C)CCC(C)(C)c5cccc(-c6nc7cc8[nH]c(C(C)(C)C)nc8nc7[nH]6)c5)nc4nc3[nH]2)cc1. The summed E-state index contributed by atoms with van der Waals surface area (Å²) in [5, 5.41) is 0. The molecule has 0 fully saturated rings. The summed E-state index contributed by atoms with van der Waals surface area (Å²) in [5.74, 6) is 3.46. The van der Waals surface area contributed by atoms with Gasteiger partial charge in [-0.15, -0.1) is 0 Å². The Hall–Kier alpha value is -5.38. The molecule has 0 aliphatic rings. The lowest BCUT2D eigenvalue weighted by atomic mass is 9.74. The molecular weight excluding hydrogens is 645 g/mol. The Morgan fingerprint density at radius 3 is 1.58 bits per heavy atom. The minimum atomic E-state index is -0.204. The number of nitrogens with one attached hydrogen (secondary N) is 4. The van der Waals surface area contributed by atoms with Crippen LogP contribution in [0.4, 0.5) is 0 Å². The second-order valence-corrected chi connectivity index (χ2v) is 17.7. The van der Waals surface area contributed by atoms with Gasteiger partial charge in [-0.3, -0.25) is 0 Å². The Labute approximate surface area is 303 Å². The fraction of sp³-hybridized carbons (Fsp3) is 0.381. The summed E-state index contributed by atoms with van der Waals surface area (Å²) in [6.07, 6.45) is 1.89. The van der Waals surface area contributed by atoms with Crippen LogP contribution in [-0.4, -0.2) is 49.8 Å². The van der Waals surface area contributed by atoms with Gasteiger partial charge in [-0.05, 0) is 53.0 Å². The minimum absolute atomic E-state index is 0.0860. The first kappa shape index (κ1) is 33.7. The van der Waals surface area contributed by atoms with Crippen LogP contribution in [0.3, 0.4) is 0 Å². The third-order valence-corrected chi connectivity index (χ3v) is 10.5. The number of imidazole rings is 4. The highest BCUT2D eigenvalue weighted by Crippen LogP contribution is 2.37. The van der Waals surface area contributed by atoms with Gasteiger partial charge in [0.25, 0.3) is 0 Å². The van der Waals surface area contributed by atoms with Gasteiger partial charge in [0.2, 0.25) is 0 Å². The fourth-order valence-electron chi connectivity index (χ4n) is 6.79. The molecule has 8 aromatic rings. The summed E-state index contributed by atoms with van der Waals surface area (Å²) in [6, 6.07) is 21.4. The van der Waals surface area contributed by atoms with Gasteiger partial charge in [-0.25, -0.2) is 29.9 Å². The van der Waals surface area contributed by atoms with Crippen LogP contribution in [0.5, 0.6) is 0 Å². The molecule has 0 spiro atoms. The van der Waals surface area contributed by atoms with E-state index in [0.29, 0.717) is 11.3 Å². The third kappa shape index (κ3) is 6.14. The van der Waals surface area contributed by atoms with Crippen molar-refractivity contribution in [1.29, 1.82) is 0 Å². The number of fused-ring (bicyclic) bond motifs is 4. The molecule has 0 saturated carbocycles. The van der Waals surface area contributed by atoms with E-state index >= 15 is 0 Å². The van der Waals surface area contributed by atoms with Crippen LogP contribution in [-0.2, 0) is 21.7 Å². The van der Waals surface area contributed by atoms with Gasteiger partial charge in [0, 0.05) is 22.0 Å². The molecule has 0 bridgehead atoms. The van der Waals surface area contributed by atoms with E-state index < -0.39 is 0 Å². The Kier molecular flexibility index (Phi) is 7.51. The molecule has 0 aliphatic heterocycles. The van der Waals surface area contributed by atoms with Crippen LogP contribution >= 0.6 is 0 Å². The van der Waals surface area contributed by atoms with Gasteiger partial charge < -0.3 is 19.9 Å². The summed E-state index contributed by atoms with van der Waals surface area (Å²) in [4.78, 5) is 43.1. The third-order valence-electron chi connectivity index (χ3n) is 10.5. The van der Waals surface area contributed by atoms with Crippen LogP contribution in [0.25, 0.3) is 67.4 Å². The molecule has 4 N–H and O–H groups in total. The van der Waals surface area contributed by atoms with Crippen LogP contribution < -0.4 is 0 Å². The number of aromatic nitrogens is 10. The highest BCUT2D eigenvalue weighted by atomic mass is 15.1. The first-order valence-electron chi connectivity index (χ1n) is 18.2.